The standard InChI is InChI=1S/C14H17BrClN3/c1-3-7-17-14(13-6-8-19(2)18-13)11-5-4-10(15)9-12(11)16/h4-6,8-9,14,17H,3,7H2,1-2H3. The van der Waals surface area contributed by atoms with Crippen LogP contribution in [0.25, 0.3) is 0 Å². The number of aryl methyl sites for hydroxylation is 1. The van der Waals surface area contributed by atoms with Gasteiger partial charge in [0.1, 0.15) is 0 Å². The number of hydrogen-bond acceptors (Lipinski definition) is 2. The Morgan fingerprint density at radius 2 is 2.21 bits per heavy atom. The number of aromatic nitrogens is 2. The van der Waals surface area contributed by atoms with Gasteiger partial charge >= 0.3 is 0 Å². The molecule has 102 valence electrons. The highest BCUT2D eigenvalue weighted by Gasteiger charge is 2.18. The monoisotopic (exact) mass is 341 g/mol. The number of rotatable bonds is 5. The van der Waals surface area contributed by atoms with Gasteiger partial charge in [0.15, 0.2) is 0 Å². The van der Waals surface area contributed by atoms with Gasteiger partial charge in [-0.3, -0.25) is 4.68 Å². The normalized spacial score (nSPS) is 12.6. The average molecular weight is 343 g/mol. The van der Waals surface area contributed by atoms with Gasteiger partial charge in [-0.1, -0.05) is 40.5 Å². The lowest BCUT2D eigenvalue weighted by Crippen LogP contribution is -2.24. The van der Waals surface area contributed by atoms with Crippen LogP contribution >= 0.6 is 27.5 Å². The molecule has 0 aliphatic carbocycles. The second-order valence-corrected chi connectivity index (χ2v) is 5.79. The summed E-state index contributed by atoms with van der Waals surface area (Å²) in [6.45, 7) is 3.07. The van der Waals surface area contributed by atoms with Crippen LogP contribution in [0.3, 0.4) is 0 Å². The molecule has 0 saturated heterocycles. The van der Waals surface area contributed by atoms with Crippen molar-refractivity contribution in [2.75, 3.05) is 6.54 Å². The van der Waals surface area contributed by atoms with Crippen LogP contribution in [0.2, 0.25) is 5.02 Å². The van der Waals surface area contributed by atoms with Crippen LogP contribution in [-0.4, -0.2) is 16.3 Å². The van der Waals surface area contributed by atoms with E-state index in [1.807, 2.05) is 42.2 Å². The summed E-state index contributed by atoms with van der Waals surface area (Å²) in [5.74, 6) is 0. The highest BCUT2D eigenvalue weighted by Crippen LogP contribution is 2.29. The van der Waals surface area contributed by atoms with Crippen molar-refractivity contribution in [1.29, 1.82) is 0 Å². The van der Waals surface area contributed by atoms with E-state index in [9.17, 15) is 0 Å². The number of nitrogens with one attached hydrogen (secondary N) is 1. The first kappa shape index (κ1) is 14.6. The van der Waals surface area contributed by atoms with Crippen LogP contribution < -0.4 is 5.32 Å². The molecule has 0 radical (unpaired) electrons. The Balaban J connectivity index is 2.36. The minimum Gasteiger partial charge on any atom is -0.305 e. The van der Waals surface area contributed by atoms with E-state index in [1.165, 1.54) is 0 Å². The lowest BCUT2D eigenvalue weighted by atomic mass is 10.0. The second-order valence-electron chi connectivity index (χ2n) is 4.47. The molecule has 0 bridgehead atoms. The van der Waals surface area contributed by atoms with Gasteiger partial charge in [-0.25, -0.2) is 0 Å². The molecule has 1 aromatic heterocycles. The van der Waals surface area contributed by atoms with E-state index in [0.717, 1.165) is 33.7 Å². The smallest absolute Gasteiger partial charge is 0.0839 e. The molecule has 1 atom stereocenters. The molecule has 1 heterocycles. The molecule has 2 rings (SSSR count). The van der Waals surface area contributed by atoms with Crippen molar-refractivity contribution in [2.24, 2.45) is 7.05 Å². The quantitative estimate of drug-likeness (QED) is 0.892. The van der Waals surface area contributed by atoms with Crippen molar-refractivity contribution >= 4 is 27.5 Å². The fraction of sp³-hybridized carbons (Fsp3) is 0.357. The third kappa shape index (κ3) is 3.59. The molecule has 1 aromatic carbocycles. The minimum atomic E-state index is 0.0294. The molecule has 1 unspecified atom stereocenters. The van der Waals surface area contributed by atoms with Gasteiger partial charge in [-0.2, -0.15) is 5.10 Å². The van der Waals surface area contributed by atoms with E-state index in [1.54, 1.807) is 0 Å². The largest absolute Gasteiger partial charge is 0.305 e. The van der Waals surface area contributed by atoms with Crippen LogP contribution in [0.5, 0.6) is 0 Å². The van der Waals surface area contributed by atoms with Gasteiger partial charge < -0.3 is 5.32 Å². The summed E-state index contributed by atoms with van der Waals surface area (Å²) in [6, 6.07) is 8.01. The summed E-state index contributed by atoms with van der Waals surface area (Å²) in [5, 5.41) is 8.73. The molecule has 1 N–H and O–H groups in total. The summed E-state index contributed by atoms with van der Waals surface area (Å²) in [6.07, 6.45) is 3.01. The third-order valence-corrected chi connectivity index (χ3v) is 3.72. The van der Waals surface area contributed by atoms with E-state index < -0.39 is 0 Å². The Hall–Kier alpha value is -0.840. The molecule has 2 aromatic rings. The molecule has 5 heteroatoms. The summed E-state index contributed by atoms with van der Waals surface area (Å²) in [4.78, 5) is 0. The Labute approximate surface area is 127 Å². The zero-order valence-corrected chi connectivity index (χ0v) is 13.4. The van der Waals surface area contributed by atoms with Crippen molar-refractivity contribution in [1.82, 2.24) is 15.1 Å². The van der Waals surface area contributed by atoms with E-state index in [0.29, 0.717) is 0 Å². The number of nitrogens with zero attached hydrogens (tertiary/aromatic N) is 2. The summed E-state index contributed by atoms with van der Waals surface area (Å²) >= 11 is 9.79. The molecular weight excluding hydrogens is 326 g/mol. The Bertz CT molecular complexity index is 553. The molecule has 0 spiro atoms. The zero-order chi connectivity index (χ0) is 13.8. The summed E-state index contributed by atoms with van der Waals surface area (Å²) in [7, 11) is 1.92. The van der Waals surface area contributed by atoms with E-state index >= 15 is 0 Å². The molecule has 0 saturated carbocycles. The molecule has 19 heavy (non-hydrogen) atoms. The van der Waals surface area contributed by atoms with Gasteiger partial charge in [0.05, 0.1) is 11.7 Å². The molecule has 0 aliphatic rings. The first-order valence-corrected chi connectivity index (χ1v) is 7.46. The lowest BCUT2D eigenvalue weighted by Gasteiger charge is -2.18. The van der Waals surface area contributed by atoms with Crippen LogP contribution in [0.4, 0.5) is 0 Å². The lowest BCUT2D eigenvalue weighted by molar-refractivity contribution is 0.575. The first-order valence-electron chi connectivity index (χ1n) is 6.29. The Morgan fingerprint density at radius 3 is 2.79 bits per heavy atom. The predicted molar refractivity (Wildman–Crippen MR) is 82.5 cm³/mol. The molecule has 0 fully saturated rings. The van der Waals surface area contributed by atoms with Crippen molar-refractivity contribution in [3.63, 3.8) is 0 Å². The maximum Gasteiger partial charge on any atom is 0.0839 e. The number of benzene rings is 1. The second kappa shape index (κ2) is 6.55. The highest BCUT2D eigenvalue weighted by molar-refractivity contribution is 9.10. The average Bonchev–Trinajstić information content (AvgIpc) is 2.78. The number of hydrogen-bond donors (Lipinski definition) is 1. The maximum atomic E-state index is 6.36. The number of halogens is 2. The first-order chi connectivity index (χ1) is 9.11. The van der Waals surface area contributed by atoms with Crippen LogP contribution in [0, 0.1) is 0 Å². The van der Waals surface area contributed by atoms with Gasteiger partial charge in [-0.15, -0.1) is 0 Å². The third-order valence-electron chi connectivity index (χ3n) is 2.90. The Morgan fingerprint density at radius 1 is 1.42 bits per heavy atom. The van der Waals surface area contributed by atoms with E-state index in [4.69, 9.17) is 11.6 Å². The highest BCUT2D eigenvalue weighted by atomic mass is 79.9. The van der Waals surface area contributed by atoms with Crippen molar-refractivity contribution in [3.05, 3.63) is 51.2 Å². The Kier molecular flexibility index (Phi) is 5.02. The zero-order valence-electron chi connectivity index (χ0n) is 11.0. The minimum absolute atomic E-state index is 0.0294. The van der Waals surface area contributed by atoms with Crippen LogP contribution in [-0.2, 0) is 7.05 Å². The summed E-state index contributed by atoms with van der Waals surface area (Å²) < 4.78 is 2.79. The van der Waals surface area contributed by atoms with Crippen molar-refractivity contribution in [3.8, 4) is 0 Å². The van der Waals surface area contributed by atoms with Crippen molar-refractivity contribution < 1.29 is 0 Å². The molecule has 0 amide bonds. The van der Waals surface area contributed by atoms with Gasteiger partial charge in [0.25, 0.3) is 0 Å². The fourth-order valence-corrected chi connectivity index (χ4v) is 2.77. The maximum absolute atomic E-state index is 6.36. The van der Waals surface area contributed by atoms with Crippen LogP contribution in [0.1, 0.15) is 30.6 Å². The molecular formula is C14H17BrClN3. The van der Waals surface area contributed by atoms with Gasteiger partial charge in [0.2, 0.25) is 0 Å². The summed E-state index contributed by atoms with van der Waals surface area (Å²) in [5.41, 5.74) is 2.04. The van der Waals surface area contributed by atoms with Crippen LogP contribution in [0.15, 0.2) is 34.9 Å². The van der Waals surface area contributed by atoms with E-state index in [-0.39, 0.29) is 6.04 Å². The molecule has 3 nitrogen and oxygen atoms in total. The van der Waals surface area contributed by atoms with E-state index in [2.05, 4.69) is 33.3 Å². The topological polar surface area (TPSA) is 29.9 Å². The van der Waals surface area contributed by atoms with Crippen molar-refractivity contribution in [2.45, 2.75) is 19.4 Å². The SMILES string of the molecule is CCCNC(c1ccn(C)n1)c1ccc(Br)cc1Cl. The van der Waals surface area contributed by atoms with Gasteiger partial charge in [-0.05, 0) is 36.7 Å². The fourth-order valence-electron chi connectivity index (χ4n) is 1.99. The predicted octanol–water partition coefficient (Wildman–Crippen LogP) is 3.93. The van der Waals surface area contributed by atoms with Gasteiger partial charge in [0, 0.05) is 22.7 Å². The molecule has 0 aliphatic heterocycles.